The van der Waals surface area contributed by atoms with Crippen molar-refractivity contribution < 1.29 is 9.53 Å². The van der Waals surface area contributed by atoms with E-state index in [9.17, 15) is 4.79 Å². The van der Waals surface area contributed by atoms with Crippen molar-refractivity contribution in [2.45, 2.75) is 64.5 Å². The molecule has 1 aromatic carbocycles. The standard InChI is InChI=1S/C18H27NO2/c1-13-9-8-10-14(2)16(13)17(18(20)21-3)19-15-11-6-4-5-7-12-15/h8-10,15,17,19H,4-7,11-12H2,1-3H3. The second-order valence-electron chi connectivity index (χ2n) is 6.12. The summed E-state index contributed by atoms with van der Waals surface area (Å²) in [5.41, 5.74) is 3.37. The summed E-state index contributed by atoms with van der Waals surface area (Å²) in [6.07, 6.45) is 7.42. The summed E-state index contributed by atoms with van der Waals surface area (Å²) >= 11 is 0. The van der Waals surface area contributed by atoms with Crippen LogP contribution in [0, 0.1) is 13.8 Å². The van der Waals surface area contributed by atoms with Crippen LogP contribution >= 0.6 is 0 Å². The molecule has 2 rings (SSSR count). The molecule has 1 atom stereocenters. The van der Waals surface area contributed by atoms with Gasteiger partial charge in [0.1, 0.15) is 6.04 Å². The predicted molar refractivity (Wildman–Crippen MR) is 85.3 cm³/mol. The molecule has 1 aromatic rings. The van der Waals surface area contributed by atoms with Gasteiger partial charge in [0.25, 0.3) is 0 Å². The minimum absolute atomic E-state index is 0.184. The Morgan fingerprint density at radius 1 is 1.14 bits per heavy atom. The summed E-state index contributed by atoms with van der Waals surface area (Å²) in [4.78, 5) is 12.3. The summed E-state index contributed by atoms with van der Waals surface area (Å²) < 4.78 is 5.05. The molecule has 3 nitrogen and oxygen atoms in total. The van der Waals surface area contributed by atoms with Crippen LogP contribution in [0.5, 0.6) is 0 Å². The van der Waals surface area contributed by atoms with Gasteiger partial charge in [0.2, 0.25) is 0 Å². The van der Waals surface area contributed by atoms with Crippen LogP contribution in [0.4, 0.5) is 0 Å². The van der Waals surface area contributed by atoms with Crippen molar-refractivity contribution in [1.29, 1.82) is 0 Å². The van der Waals surface area contributed by atoms with Crippen molar-refractivity contribution in [3.05, 3.63) is 34.9 Å². The molecule has 1 fully saturated rings. The smallest absolute Gasteiger partial charge is 0.327 e. The highest BCUT2D eigenvalue weighted by Crippen LogP contribution is 2.26. The van der Waals surface area contributed by atoms with Gasteiger partial charge in [0.05, 0.1) is 7.11 Å². The Balaban J connectivity index is 2.24. The van der Waals surface area contributed by atoms with Crippen LogP contribution in [0.1, 0.15) is 61.3 Å². The van der Waals surface area contributed by atoms with Crippen LogP contribution in [-0.2, 0) is 9.53 Å². The van der Waals surface area contributed by atoms with Gasteiger partial charge in [-0.1, -0.05) is 43.9 Å². The quantitative estimate of drug-likeness (QED) is 0.676. The predicted octanol–water partition coefficient (Wildman–Crippen LogP) is 3.83. The first kappa shape index (κ1) is 16.0. The molecule has 116 valence electrons. The van der Waals surface area contributed by atoms with Crippen LogP contribution in [0.3, 0.4) is 0 Å². The van der Waals surface area contributed by atoms with Crippen molar-refractivity contribution >= 4 is 5.97 Å². The zero-order valence-electron chi connectivity index (χ0n) is 13.4. The monoisotopic (exact) mass is 289 g/mol. The van der Waals surface area contributed by atoms with Gasteiger partial charge in [-0.15, -0.1) is 0 Å². The minimum atomic E-state index is -0.348. The molecule has 0 aromatic heterocycles. The lowest BCUT2D eigenvalue weighted by Crippen LogP contribution is -2.38. The second kappa shape index (κ2) is 7.60. The molecular formula is C18H27NO2. The lowest BCUT2D eigenvalue weighted by molar-refractivity contribution is -0.143. The van der Waals surface area contributed by atoms with E-state index in [0.717, 1.165) is 29.5 Å². The van der Waals surface area contributed by atoms with Crippen molar-refractivity contribution in [1.82, 2.24) is 5.32 Å². The van der Waals surface area contributed by atoms with Gasteiger partial charge in [-0.3, -0.25) is 5.32 Å². The largest absolute Gasteiger partial charge is 0.468 e. The Morgan fingerprint density at radius 2 is 1.71 bits per heavy atom. The van der Waals surface area contributed by atoms with E-state index < -0.39 is 0 Å². The molecule has 1 unspecified atom stereocenters. The molecule has 3 heteroatoms. The van der Waals surface area contributed by atoms with E-state index in [-0.39, 0.29) is 12.0 Å². The highest BCUT2D eigenvalue weighted by atomic mass is 16.5. The van der Waals surface area contributed by atoms with Crippen molar-refractivity contribution in [2.24, 2.45) is 0 Å². The average molecular weight is 289 g/mol. The molecule has 0 saturated heterocycles. The molecule has 21 heavy (non-hydrogen) atoms. The van der Waals surface area contributed by atoms with E-state index in [1.165, 1.54) is 32.8 Å². The molecule has 1 N–H and O–H groups in total. The summed E-state index contributed by atoms with van der Waals surface area (Å²) in [6.45, 7) is 4.13. The number of nitrogens with one attached hydrogen (secondary N) is 1. The number of carbonyl (C=O) groups excluding carboxylic acids is 1. The van der Waals surface area contributed by atoms with Gasteiger partial charge in [0.15, 0.2) is 0 Å². The molecule has 0 heterocycles. The Hall–Kier alpha value is -1.35. The maximum absolute atomic E-state index is 12.3. The van der Waals surface area contributed by atoms with Gasteiger partial charge in [0, 0.05) is 6.04 Å². The van der Waals surface area contributed by atoms with Crippen LogP contribution < -0.4 is 5.32 Å². The topological polar surface area (TPSA) is 38.3 Å². The third kappa shape index (κ3) is 4.07. The van der Waals surface area contributed by atoms with Gasteiger partial charge >= 0.3 is 5.97 Å². The van der Waals surface area contributed by atoms with E-state index in [2.05, 4.69) is 31.3 Å². The molecule has 1 aliphatic rings. The van der Waals surface area contributed by atoms with E-state index in [1.807, 2.05) is 6.07 Å². The summed E-state index contributed by atoms with van der Waals surface area (Å²) in [6, 6.07) is 6.23. The normalized spacial score (nSPS) is 18.0. The number of carbonyl (C=O) groups is 1. The van der Waals surface area contributed by atoms with E-state index in [0.29, 0.717) is 6.04 Å². The minimum Gasteiger partial charge on any atom is -0.468 e. The number of aryl methyl sites for hydroxylation is 2. The summed E-state index contributed by atoms with van der Waals surface area (Å²) in [5, 5.41) is 3.57. The first-order chi connectivity index (χ1) is 10.1. The highest BCUT2D eigenvalue weighted by molar-refractivity contribution is 5.78. The van der Waals surface area contributed by atoms with Gasteiger partial charge in [-0.05, 0) is 43.4 Å². The fourth-order valence-electron chi connectivity index (χ4n) is 3.35. The Kier molecular flexibility index (Phi) is 5.80. The molecular weight excluding hydrogens is 262 g/mol. The molecule has 0 radical (unpaired) electrons. The number of ether oxygens (including phenoxy) is 1. The molecule has 1 saturated carbocycles. The van der Waals surface area contributed by atoms with Crippen LogP contribution in [0.25, 0.3) is 0 Å². The zero-order chi connectivity index (χ0) is 15.2. The second-order valence-corrected chi connectivity index (χ2v) is 6.12. The van der Waals surface area contributed by atoms with Crippen molar-refractivity contribution in [3.63, 3.8) is 0 Å². The fourth-order valence-corrected chi connectivity index (χ4v) is 3.35. The Bertz CT molecular complexity index is 456. The maximum Gasteiger partial charge on any atom is 0.327 e. The maximum atomic E-state index is 12.3. The third-order valence-electron chi connectivity index (χ3n) is 4.53. The summed E-state index contributed by atoms with van der Waals surface area (Å²) in [7, 11) is 1.47. The van der Waals surface area contributed by atoms with Crippen molar-refractivity contribution in [3.8, 4) is 0 Å². The number of methoxy groups -OCH3 is 1. The lowest BCUT2D eigenvalue weighted by atomic mass is 9.94. The average Bonchev–Trinajstić information content (AvgIpc) is 2.73. The number of hydrogen-bond donors (Lipinski definition) is 1. The molecule has 0 aliphatic heterocycles. The van der Waals surface area contributed by atoms with Crippen LogP contribution in [-0.4, -0.2) is 19.1 Å². The number of hydrogen-bond acceptors (Lipinski definition) is 3. The first-order valence-electron chi connectivity index (χ1n) is 8.03. The lowest BCUT2D eigenvalue weighted by Gasteiger charge is -2.26. The van der Waals surface area contributed by atoms with Crippen molar-refractivity contribution in [2.75, 3.05) is 7.11 Å². The Labute approximate surface area is 128 Å². The molecule has 0 amide bonds. The molecule has 0 spiro atoms. The molecule has 1 aliphatic carbocycles. The SMILES string of the molecule is COC(=O)C(NC1CCCCCC1)c1c(C)cccc1C. The zero-order valence-corrected chi connectivity index (χ0v) is 13.4. The van der Waals surface area contributed by atoms with Gasteiger partial charge in [-0.25, -0.2) is 4.79 Å². The highest BCUT2D eigenvalue weighted by Gasteiger charge is 2.27. The van der Waals surface area contributed by atoms with Gasteiger partial charge in [-0.2, -0.15) is 0 Å². The van der Waals surface area contributed by atoms with Gasteiger partial charge < -0.3 is 4.74 Å². The fraction of sp³-hybridized carbons (Fsp3) is 0.611. The number of rotatable bonds is 4. The summed E-state index contributed by atoms with van der Waals surface area (Å²) in [5.74, 6) is -0.184. The van der Waals surface area contributed by atoms with Crippen LogP contribution in [0.15, 0.2) is 18.2 Å². The molecule has 0 bridgehead atoms. The third-order valence-corrected chi connectivity index (χ3v) is 4.53. The first-order valence-corrected chi connectivity index (χ1v) is 8.03. The Morgan fingerprint density at radius 3 is 2.24 bits per heavy atom. The van der Waals surface area contributed by atoms with E-state index in [4.69, 9.17) is 4.74 Å². The number of benzene rings is 1. The van der Waals surface area contributed by atoms with Crippen LogP contribution in [0.2, 0.25) is 0 Å². The van der Waals surface area contributed by atoms with E-state index >= 15 is 0 Å². The number of esters is 1. The van der Waals surface area contributed by atoms with E-state index in [1.54, 1.807) is 0 Å².